The predicted octanol–water partition coefficient (Wildman–Crippen LogP) is 14.6. The van der Waals surface area contributed by atoms with Crippen molar-refractivity contribution in [2.45, 2.75) is 212 Å². The highest BCUT2D eigenvalue weighted by atomic mass is 16.7. The van der Waals surface area contributed by atoms with E-state index < -0.39 is 67.3 Å². The lowest BCUT2D eigenvalue weighted by Crippen LogP contribution is -2.61. The monoisotopic (exact) mass is 1070 g/mol. The number of esters is 3. The van der Waals surface area contributed by atoms with Gasteiger partial charge < -0.3 is 39.0 Å². The van der Waals surface area contributed by atoms with Crippen molar-refractivity contribution in [3.05, 3.63) is 158 Å². The summed E-state index contributed by atoms with van der Waals surface area (Å²) in [6, 6.07) is 0. The summed E-state index contributed by atoms with van der Waals surface area (Å²) in [4.78, 5) is 51.0. The molecule has 1 aliphatic rings. The number of aliphatic carboxylic acids is 1. The highest BCUT2D eigenvalue weighted by molar-refractivity contribution is 5.74. The van der Waals surface area contributed by atoms with E-state index in [0.717, 1.165) is 103 Å². The molecule has 12 heteroatoms. The largest absolute Gasteiger partial charge is 0.479 e. The lowest BCUT2D eigenvalue weighted by atomic mass is 9.98. The lowest BCUT2D eigenvalue weighted by molar-refractivity contribution is -0.301. The minimum absolute atomic E-state index is 0.0790. The first-order chi connectivity index (χ1) is 37.6. The van der Waals surface area contributed by atoms with Gasteiger partial charge in [-0.25, -0.2) is 4.79 Å². The number of hydrogen-bond acceptors (Lipinski definition) is 11. The maximum atomic E-state index is 13.1. The summed E-state index contributed by atoms with van der Waals surface area (Å²) in [5, 5.41) is 31.4. The van der Waals surface area contributed by atoms with Crippen LogP contribution >= 0.6 is 0 Å². The normalized spacial score (nSPS) is 19.2. The molecular formula is C65H96O12. The number of carboxylic acids is 1. The number of carbonyl (C=O) groups excluding carboxylic acids is 3. The third-order valence-corrected chi connectivity index (χ3v) is 11.6. The molecule has 6 unspecified atom stereocenters. The Labute approximate surface area is 463 Å². The van der Waals surface area contributed by atoms with E-state index in [4.69, 9.17) is 23.7 Å². The summed E-state index contributed by atoms with van der Waals surface area (Å²) in [5.41, 5.74) is 0. The summed E-state index contributed by atoms with van der Waals surface area (Å²) >= 11 is 0. The van der Waals surface area contributed by atoms with Crippen LogP contribution in [0.3, 0.4) is 0 Å². The standard InChI is InChI=1S/C65H96O12/c1-4-7-10-13-16-19-22-25-27-29-31-34-36-39-42-45-48-51-57(66)73-54-56(75-58(67)52-49-46-43-40-38-35-32-30-28-26-23-20-17-14-11-8-5-2)55-74-65-63(61(70)60(69)62(77-65)64(71)72)76-59(68)53-50-47-44-41-37-33-24-21-18-15-12-9-6-3/h7-12,16-21,25-28,31-35,37,39,42,44,47,56,60-63,65,69-70H,4-6,13-15,22-24,29-30,36,38,40-41,43,45-46,48-55H2,1-3H3,(H,71,72)/b10-7-,11-8-,12-9-,19-16-,20-17-,21-18-,27-25-,28-26-,34-31-,35-32-,37-33-,42-39-,47-44-. The van der Waals surface area contributed by atoms with Gasteiger partial charge in [-0.15, -0.1) is 0 Å². The molecule has 3 N–H and O–H groups in total. The number of ether oxygens (including phenoxy) is 5. The fraction of sp³-hybridized carbons (Fsp3) is 0.538. The maximum absolute atomic E-state index is 13.1. The van der Waals surface area contributed by atoms with Crippen molar-refractivity contribution in [2.75, 3.05) is 13.2 Å². The van der Waals surface area contributed by atoms with Gasteiger partial charge in [-0.2, -0.15) is 0 Å². The van der Waals surface area contributed by atoms with Gasteiger partial charge in [-0.3, -0.25) is 14.4 Å². The summed E-state index contributed by atoms with van der Waals surface area (Å²) < 4.78 is 28.2. The molecule has 0 aromatic heterocycles. The first-order valence-corrected chi connectivity index (χ1v) is 28.5. The smallest absolute Gasteiger partial charge is 0.335 e. The van der Waals surface area contributed by atoms with E-state index in [1.54, 1.807) is 0 Å². The Morgan fingerprint density at radius 3 is 1.26 bits per heavy atom. The van der Waals surface area contributed by atoms with Crippen molar-refractivity contribution < 1.29 is 58.2 Å². The van der Waals surface area contributed by atoms with E-state index >= 15 is 0 Å². The van der Waals surface area contributed by atoms with E-state index in [1.807, 2.05) is 30.4 Å². The van der Waals surface area contributed by atoms with Crippen LogP contribution in [0.5, 0.6) is 0 Å². The van der Waals surface area contributed by atoms with Crippen molar-refractivity contribution in [1.29, 1.82) is 0 Å². The van der Waals surface area contributed by atoms with E-state index in [2.05, 4.69) is 148 Å². The Bertz CT molecular complexity index is 1940. The molecule has 12 nitrogen and oxygen atoms in total. The fourth-order valence-electron chi connectivity index (χ4n) is 7.35. The second-order valence-corrected chi connectivity index (χ2v) is 18.4. The van der Waals surface area contributed by atoms with Gasteiger partial charge in [0.15, 0.2) is 24.6 Å². The molecule has 0 aromatic carbocycles. The third kappa shape index (κ3) is 41.2. The minimum Gasteiger partial charge on any atom is -0.479 e. The number of carbonyl (C=O) groups is 4. The highest BCUT2D eigenvalue weighted by Gasteiger charge is 2.50. The van der Waals surface area contributed by atoms with Crippen LogP contribution in [-0.2, 0) is 42.9 Å². The summed E-state index contributed by atoms with van der Waals surface area (Å²) in [5.74, 6) is -3.37. The van der Waals surface area contributed by atoms with Gasteiger partial charge in [0.05, 0.1) is 6.61 Å². The van der Waals surface area contributed by atoms with Crippen LogP contribution in [-0.4, -0.2) is 89.2 Å². The molecule has 0 aromatic rings. The molecule has 0 radical (unpaired) electrons. The molecule has 77 heavy (non-hydrogen) atoms. The van der Waals surface area contributed by atoms with E-state index in [9.17, 15) is 34.5 Å². The van der Waals surface area contributed by atoms with Gasteiger partial charge in [0, 0.05) is 19.3 Å². The van der Waals surface area contributed by atoms with Crippen molar-refractivity contribution >= 4 is 23.9 Å². The minimum atomic E-state index is -1.95. The Balaban J connectivity index is 2.81. The molecule has 1 saturated heterocycles. The zero-order valence-electron chi connectivity index (χ0n) is 46.9. The molecule has 0 saturated carbocycles. The molecule has 0 spiro atoms. The molecule has 1 rings (SSSR count). The van der Waals surface area contributed by atoms with Crippen LogP contribution in [0.25, 0.3) is 0 Å². The van der Waals surface area contributed by atoms with Gasteiger partial charge >= 0.3 is 23.9 Å². The zero-order valence-corrected chi connectivity index (χ0v) is 46.9. The molecule has 1 aliphatic heterocycles. The number of carboxylic acid groups (broad SMARTS) is 1. The van der Waals surface area contributed by atoms with E-state index in [1.165, 1.54) is 0 Å². The fourth-order valence-corrected chi connectivity index (χ4v) is 7.35. The summed E-state index contributed by atoms with van der Waals surface area (Å²) in [6.45, 7) is 5.51. The van der Waals surface area contributed by atoms with Crippen molar-refractivity contribution in [2.24, 2.45) is 0 Å². The summed E-state index contributed by atoms with van der Waals surface area (Å²) in [6.07, 6.45) is 62.4. The molecule has 0 aliphatic carbocycles. The van der Waals surface area contributed by atoms with Gasteiger partial charge in [0.2, 0.25) is 0 Å². The maximum Gasteiger partial charge on any atom is 0.335 e. The van der Waals surface area contributed by atoms with Gasteiger partial charge in [-0.1, -0.05) is 192 Å². The molecule has 1 heterocycles. The Hall–Kier alpha value is -5.66. The van der Waals surface area contributed by atoms with Crippen LogP contribution in [0.2, 0.25) is 0 Å². The Morgan fingerprint density at radius 1 is 0.429 bits per heavy atom. The van der Waals surface area contributed by atoms with Crippen LogP contribution in [0, 0.1) is 0 Å². The molecule has 0 amide bonds. The van der Waals surface area contributed by atoms with Gasteiger partial charge in [0.1, 0.15) is 18.8 Å². The average Bonchev–Trinajstić information content (AvgIpc) is 3.42. The topological polar surface area (TPSA) is 175 Å². The number of aliphatic hydroxyl groups is 2. The first-order valence-electron chi connectivity index (χ1n) is 28.5. The molecule has 1 fully saturated rings. The zero-order chi connectivity index (χ0) is 56.1. The van der Waals surface area contributed by atoms with Crippen LogP contribution < -0.4 is 0 Å². The van der Waals surface area contributed by atoms with Crippen LogP contribution in [0.1, 0.15) is 175 Å². The number of aliphatic hydroxyl groups excluding tert-OH is 2. The molecule has 6 atom stereocenters. The van der Waals surface area contributed by atoms with Gasteiger partial charge in [0.25, 0.3) is 0 Å². The SMILES string of the molecule is CC/C=C\C/C=C\C/C=C\C/C=C\C/C=C\CCCC(=O)OCC(COC1OC(C(=O)O)C(O)C(O)C1OC(=O)CC/C=C\C/C=C\C/C=C\C/C=C\CC)OC(=O)CCCCCC/C=C\C/C=C\C/C=C\C/C=C\CC. The summed E-state index contributed by atoms with van der Waals surface area (Å²) in [7, 11) is 0. The predicted molar refractivity (Wildman–Crippen MR) is 312 cm³/mol. The second kappa shape index (κ2) is 51.1. The van der Waals surface area contributed by atoms with E-state index in [0.29, 0.717) is 32.1 Å². The van der Waals surface area contributed by atoms with E-state index in [-0.39, 0.29) is 25.9 Å². The van der Waals surface area contributed by atoms with Crippen molar-refractivity contribution in [3.63, 3.8) is 0 Å². The number of unbranched alkanes of at least 4 members (excludes halogenated alkanes) is 5. The number of rotatable bonds is 45. The quantitative estimate of drug-likeness (QED) is 0.0228. The van der Waals surface area contributed by atoms with Crippen molar-refractivity contribution in [3.8, 4) is 0 Å². The molecular weight excluding hydrogens is 973 g/mol. The third-order valence-electron chi connectivity index (χ3n) is 11.6. The first kappa shape index (κ1) is 69.4. The lowest BCUT2D eigenvalue weighted by Gasteiger charge is -2.40. The number of hydrogen-bond donors (Lipinski definition) is 3. The van der Waals surface area contributed by atoms with Gasteiger partial charge in [-0.05, 0) is 122 Å². The highest BCUT2D eigenvalue weighted by Crippen LogP contribution is 2.26. The average molecular weight is 1070 g/mol. The van der Waals surface area contributed by atoms with Crippen LogP contribution in [0.4, 0.5) is 0 Å². The molecule has 0 bridgehead atoms. The van der Waals surface area contributed by atoms with Crippen molar-refractivity contribution in [1.82, 2.24) is 0 Å². The Kier molecular flexibility index (Phi) is 46.0. The second-order valence-electron chi connectivity index (χ2n) is 18.4. The number of allylic oxidation sites excluding steroid dienone is 26. The molecule has 428 valence electrons. The van der Waals surface area contributed by atoms with Crippen LogP contribution in [0.15, 0.2) is 158 Å². The Morgan fingerprint density at radius 2 is 0.818 bits per heavy atom.